The Labute approximate surface area is 158 Å². The molecule has 1 amide bonds. The summed E-state index contributed by atoms with van der Waals surface area (Å²) >= 11 is 0. The summed E-state index contributed by atoms with van der Waals surface area (Å²) in [5.41, 5.74) is 3.05. The summed E-state index contributed by atoms with van der Waals surface area (Å²) in [5, 5.41) is 7.48. The fraction of sp³-hybridized carbons (Fsp3) is 0.474. The highest BCUT2D eigenvalue weighted by atomic mass is 32.2. The number of carbonyl (C=O) groups is 1. The smallest absolute Gasteiger partial charge is 0.276 e. The van der Waals surface area contributed by atoms with E-state index in [0.717, 1.165) is 36.9 Å². The molecule has 2 aliphatic rings. The van der Waals surface area contributed by atoms with Crippen LogP contribution in [0.25, 0.3) is 0 Å². The SMILES string of the molecule is COc1cccc(NC(=O)c2nn([C@@H]3CCS(=O)(=O)C3)c3c2CCCC3)c1. The number of nitrogens with zero attached hydrogens (tertiary/aromatic N) is 2. The number of hydrogen-bond acceptors (Lipinski definition) is 5. The van der Waals surface area contributed by atoms with Gasteiger partial charge in [-0.15, -0.1) is 0 Å². The average molecular weight is 389 g/mol. The third-order valence-corrected chi connectivity index (χ3v) is 7.06. The second kappa shape index (κ2) is 6.99. The zero-order chi connectivity index (χ0) is 19.0. The lowest BCUT2D eigenvalue weighted by Crippen LogP contribution is -2.17. The number of fused-ring (bicyclic) bond motifs is 1. The molecule has 4 rings (SSSR count). The maximum atomic E-state index is 12.9. The van der Waals surface area contributed by atoms with Gasteiger partial charge in [0, 0.05) is 23.0 Å². The van der Waals surface area contributed by atoms with Gasteiger partial charge in [-0.2, -0.15) is 5.10 Å². The van der Waals surface area contributed by atoms with E-state index in [1.54, 1.807) is 19.2 Å². The molecule has 144 valence electrons. The van der Waals surface area contributed by atoms with Crippen LogP contribution in [0.15, 0.2) is 24.3 Å². The van der Waals surface area contributed by atoms with Gasteiger partial charge >= 0.3 is 0 Å². The van der Waals surface area contributed by atoms with E-state index in [1.165, 1.54) is 0 Å². The predicted octanol–water partition coefficient (Wildman–Crippen LogP) is 2.38. The Bertz CT molecular complexity index is 981. The normalized spacial score (nSPS) is 20.9. The summed E-state index contributed by atoms with van der Waals surface area (Å²) < 4.78 is 30.8. The molecular weight excluding hydrogens is 366 g/mol. The molecule has 1 N–H and O–H groups in total. The van der Waals surface area contributed by atoms with Gasteiger partial charge in [0.25, 0.3) is 5.91 Å². The Balaban J connectivity index is 1.65. The second-order valence-electron chi connectivity index (χ2n) is 7.17. The molecule has 27 heavy (non-hydrogen) atoms. The van der Waals surface area contributed by atoms with Crippen LogP contribution in [0.2, 0.25) is 0 Å². The molecule has 1 fully saturated rings. The van der Waals surface area contributed by atoms with Crippen molar-refractivity contribution in [2.75, 3.05) is 23.9 Å². The first-order chi connectivity index (χ1) is 13.0. The first-order valence-electron chi connectivity index (χ1n) is 9.23. The lowest BCUT2D eigenvalue weighted by Gasteiger charge is -2.17. The minimum Gasteiger partial charge on any atom is -0.497 e. The van der Waals surface area contributed by atoms with E-state index in [1.807, 2.05) is 16.8 Å². The number of ether oxygens (including phenoxy) is 1. The summed E-state index contributed by atoms with van der Waals surface area (Å²) in [4.78, 5) is 12.9. The maximum absolute atomic E-state index is 12.9. The second-order valence-corrected chi connectivity index (χ2v) is 9.40. The third-order valence-electron chi connectivity index (χ3n) is 5.31. The van der Waals surface area contributed by atoms with E-state index < -0.39 is 9.84 Å². The van der Waals surface area contributed by atoms with E-state index in [0.29, 0.717) is 23.6 Å². The Kier molecular flexibility index (Phi) is 4.67. The number of hydrogen-bond donors (Lipinski definition) is 1. The van der Waals surface area contributed by atoms with E-state index >= 15 is 0 Å². The highest BCUT2D eigenvalue weighted by molar-refractivity contribution is 7.91. The molecule has 0 saturated carbocycles. The molecular formula is C19H23N3O4S. The van der Waals surface area contributed by atoms with E-state index in [2.05, 4.69) is 10.4 Å². The van der Waals surface area contributed by atoms with Crippen LogP contribution in [-0.4, -0.2) is 42.7 Å². The van der Waals surface area contributed by atoms with Crippen molar-refractivity contribution in [2.24, 2.45) is 0 Å². The summed E-state index contributed by atoms with van der Waals surface area (Å²) in [5.74, 6) is 0.702. The van der Waals surface area contributed by atoms with Crippen molar-refractivity contribution in [1.82, 2.24) is 9.78 Å². The minimum atomic E-state index is -3.01. The van der Waals surface area contributed by atoms with Gasteiger partial charge in [0.2, 0.25) is 0 Å². The molecule has 2 heterocycles. The van der Waals surface area contributed by atoms with E-state index in [9.17, 15) is 13.2 Å². The van der Waals surface area contributed by atoms with Gasteiger partial charge in [-0.05, 0) is 44.2 Å². The lowest BCUT2D eigenvalue weighted by molar-refractivity contribution is 0.102. The quantitative estimate of drug-likeness (QED) is 0.867. The van der Waals surface area contributed by atoms with Gasteiger partial charge < -0.3 is 10.1 Å². The molecule has 1 atom stereocenters. The Morgan fingerprint density at radius 3 is 2.85 bits per heavy atom. The third kappa shape index (κ3) is 3.58. The number of amides is 1. The van der Waals surface area contributed by atoms with Gasteiger partial charge in [-0.25, -0.2) is 8.42 Å². The number of methoxy groups -OCH3 is 1. The van der Waals surface area contributed by atoms with Crippen molar-refractivity contribution in [3.63, 3.8) is 0 Å². The number of carbonyl (C=O) groups excluding carboxylic acids is 1. The van der Waals surface area contributed by atoms with Crippen LogP contribution in [0.5, 0.6) is 5.75 Å². The number of aromatic nitrogens is 2. The van der Waals surface area contributed by atoms with Crippen LogP contribution in [0, 0.1) is 0 Å². The zero-order valence-corrected chi connectivity index (χ0v) is 16.1. The molecule has 7 nitrogen and oxygen atoms in total. The van der Waals surface area contributed by atoms with Crippen molar-refractivity contribution >= 4 is 21.4 Å². The molecule has 1 aromatic carbocycles. The fourth-order valence-electron chi connectivity index (χ4n) is 3.97. The lowest BCUT2D eigenvalue weighted by atomic mass is 9.95. The predicted molar refractivity (Wildman–Crippen MR) is 102 cm³/mol. The standard InChI is InChI=1S/C19H23N3O4S/c1-26-15-6-4-5-13(11-15)20-19(23)18-16-7-2-3-8-17(16)22(21-18)14-9-10-27(24,25)12-14/h4-6,11,14H,2-3,7-10,12H2,1H3,(H,20,23)/t14-/m1/s1. The number of benzene rings is 1. The van der Waals surface area contributed by atoms with Gasteiger partial charge in [-0.1, -0.05) is 6.07 Å². The highest BCUT2D eigenvalue weighted by Gasteiger charge is 2.34. The van der Waals surface area contributed by atoms with Gasteiger partial charge in [0.05, 0.1) is 24.7 Å². The Hall–Kier alpha value is -2.35. The van der Waals surface area contributed by atoms with Gasteiger partial charge in [0.15, 0.2) is 15.5 Å². The van der Waals surface area contributed by atoms with E-state index in [-0.39, 0.29) is 23.5 Å². The van der Waals surface area contributed by atoms with Gasteiger partial charge in [-0.3, -0.25) is 9.48 Å². The van der Waals surface area contributed by atoms with Crippen molar-refractivity contribution in [2.45, 2.75) is 38.1 Å². The fourth-order valence-corrected chi connectivity index (χ4v) is 5.66. The molecule has 2 aromatic rings. The zero-order valence-electron chi connectivity index (χ0n) is 15.3. The number of sulfone groups is 1. The largest absolute Gasteiger partial charge is 0.497 e. The van der Waals surface area contributed by atoms with Crippen LogP contribution in [-0.2, 0) is 22.7 Å². The first-order valence-corrected chi connectivity index (χ1v) is 11.0. The van der Waals surface area contributed by atoms with E-state index in [4.69, 9.17) is 4.74 Å². The van der Waals surface area contributed by atoms with Crippen LogP contribution in [0.4, 0.5) is 5.69 Å². The Morgan fingerprint density at radius 2 is 2.11 bits per heavy atom. The molecule has 8 heteroatoms. The van der Waals surface area contributed by atoms with Crippen LogP contribution in [0.1, 0.15) is 47.1 Å². The first kappa shape index (κ1) is 18.0. The minimum absolute atomic E-state index is 0.109. The maximum Gasteiger partial charge on any atom is 0.276 e. The average Bonchev–Trinajstić information content (AvgIpc) is 3.22. The highest BCUT2D eigenvalue weighted by Crippen LogP contribution is 2.31. The molecule has 0 unspecified atom stereocenters. The summed E-state index contributed by atoms with van der Waals surface area (Å²) in [6, 6.07) is 7.01. The van der Waals surface area contributed by atoms with Crippen molar-refractivity contribution in [1.29, 1.82) is 0 Å². The number of rotatable bonds is 4. The molecule has 1 aliphatic carbocycles. The summed E-state index contributed by atoms with van der Waals surface area (Å²) in [6.07, 6.45) is 4.25. The van der Waals surface area contributed by atoms with Crippen LogP contribution >= 0.6 is 0 Å². The summed E-state index contributed by atoms with van der Waals surface area (Å²) in [7, 11) is -1.43. The van der Waals surface area contributed by atoms with Gasteiger partial charge in [0.1, 0.15) is 5.75 Å². The molecule has 0 spiro atoms. The number of anilines is 1. The topological polar surface area (TPSA) is 90.3 Å². The summed E-state index contributed by atoms with van der Waals surface area (Å²) in [6.45, 7) is 0. The molecule has 0 bridgehead atoms. The molecule has 1 aromatic heterocycles. The van der Waals surface area contributed by atoms with Crippen molar-refractivity contribution < 1.29 is 17.9 Å². The number of nitrogens with one attached hydrogen (secondary N) is 1. The Morgan fingerprint density at radius 1 is 1.30 bits per heavy atom. The molecule has 1 saturated heterocycles. The van der Waals surface area contributed by atoms with Crippen LogP contribution < -0.4 is 10.1 Å². The van der Waals surface area contributed by atoms with Crippen molar-refractivity contribution in [3.05, 3.63) is 41.2 Å². The van der Waals surface area contributed by atoms with Crippen LogP contribution in [0.3, 0.4) is 0 Å². The molecule has 1 aliphatic heterocycles. The van der Waals surface area contributed by atoms with Crippen molar-refractivity contribution in [3.8, 4) is 5.75 Å². The monoisotopic (exact) mass is 389 g/mol. The molecule has 0 radical (unpaired) electrons.